The highest BCUT2D eigenvalue weighted by Gasteiger charge is 2.00. The van der Waals surface area contributed by atoms with Crippen LogP contribution < -0.4 is 15.8 Å². The summed E-state index contributed by atoms with van der Waals surface area (Å²) in [5, 5.41) is 3.24. The molecule has 1 heterocycles. The summed E-state index contributed by atoms with van der Waals surface area (Å²) in [5.74, 6) is 1.63. The van der Waals surface area contributed by atoms with Gasteiger partial charge in [0.1, 0.15) is 18.2 Å². The van der Waals surface area contributed by atoms with Gasteiger partial charge in [0.15, 0.2) is 0 Å². The Morgan fingerprint density at radius 2 is 1.95 bits per heavy atom. The zero-order chi connectivity index (χ0) is 13.7. The molecule has 1 aromatic heterocycles. The average molecular weight is 322 g/mol. The fraction of sp³-hybridized carbons (Fsp3) is 0.214. The molecule has 2 rings (SSSR count). The Labute approximate surface area is 121 Å². The van der Waals surface area contributed by atoms with Gasteiger partial charge in [-0.3, -0.25) is 0 Å². The molecular weight excluding hydrogens is 306 g/mol. The van der Waals surface area contributed by atoms with Crippen LogP contribution in [0.2, 0.25) is 0 Å². The van der Waals surface area contributed by atoms with Gasteiger partial charge in [-0.05, 0) is 59.3 Å². The van der Waals surface area contributed by atoms with Crippen molar-refractivity contribution in [2.75, 3.05) is 18.5 Å². The van der Waals surface area contributed by atoms with Crippen LogP contribution in [-0.4, -0.2) is 18.1 Å². The summed E-state index contributed by atoms with van der Waals surface area (Å²) in [7, 11) is 0. The molecule has 3 N–H and O–H groups in total. The second-order valence-corrected chi connectivity index (χ2v) is 4.90. The van der Waals surface area contributed by atoms with Crippen LogP contribution in [0.15, 0.2) is 40.9 Å². The lowest BCUT2D eigenvalue weighted by Crippen LogP contribution is -2.10. The molecule has 0 spiro atoms. The maximum atomic E-state index is 5.42. The molecule has 0 fully saturated rings. The van der Waals surface area contributed by atoms with Crippen molar-refractivity contribution in [3.63, 3.8) is 0 Å². The van der Waals surface area contributed by atoms with Gasteiger partial charge < -0.3 is 15.8 Å². The number of benzene rings is 1. The molecule has 0 aliphatic rings. The van der Waals surface area contributed by atoms with Gasteiger partial charge in [-0.1, -0.05) is 0 Å². The number of halogens is 1. The van der Waals surface area contributed by atoms with Gasteiger partial charge >= 0.3 is 0 Å². The van der Waals surface area contributed by atoms with Crippen LogP contribution in [0.1, 0.15) is 5.69 Å². The SMILES string of the molecule is Cc1nc(Nc2ccc(OCCN)cc2)ccc1Br. The fourth-order valence-corrected chi connectivity index (χ4v) is 1.79. The van der Waals surface area contributed by atoms with Crippen molar-refractivity contribution in [1.82, 2.24) is 4.98 Å². The zero-order valence-electron chi connectivity index (χ0n) is 10.7. The number of ether oxygens (including phenoxy) is 1. The minimum Gasteiger partial charge on any atom is -0.492 e. The van der Waals surface area contributed by atoms with Gasteiger partial charge in [-0.25, -0.2) is 4.98 Å². The van der Waals surface area contributed by atoms with Crippen LogP contribution in [0.25, 0.3) is 0 Å². The van der Waals surface area contributed by atoms with Crippen molar-refractivity contribution in [3.05, 3.63) is 46.6 Å². The first-order valence-corrected chi connectivity index (χ1v) is 6.81. The average Bonchev–Trinajstić information content (AvgIpc) is 2.42. The third-order valence-corrected chi connectivity index (χ3v) is 3.37. The third kappa shape index (κ3) is 3.94. The first kappa shape index (κ1) is 13.8. The first-order valence-electron chi connectivity index (χ1n) is 6.02. The number of nitrogens with zero attached hydrogens (tertiary/aromatic N) is 1. The Morgan fingerprint density at radius 3 is 2.58 bits per heavy atom. The van der Waals surface area contributed by atoms with Crippen molar-refractivity contribution >= 4 is 27.4 Å². The number of pyridine rings is 1. The van der Waals surface area contributed by atoms with E-state index >= 15 is 0 Å². The Balaban J connectivity index is 2.04. The van der Waals surface area contributed by atoms with Gasteiger partial charge in [0.05, 0.1) is 5.69 Å². The number of nitrogens with two attached hydrogens (primary N) is 1. The van der Waals surface area contributed by atoms with Crippen molar-refractivity contribution in [2.24, 2.45) is 5.73 Å². The minimum absolute atomic E-state index is 0.516. The largest absolute Gasteiger partial charge is 0.492 e. The van der Waals surface area contributed by atoms with Crippen LogP contribution in [0.4, 0.5) is 11.5 Å². The van der Waals surface area contributed by atoms with E-state index in [0.717, 1.165) is 27.4 Å². The summed E-state index contributed by atoms with van der Waals surface area (Å²) in [6.07, 6.45) is 0. The number of nitrogens with one attached hydrogen (secondary N) is 1. The second-order valence-electron chi connectivity index (χ2n) is 4.05. The van der Waals surface area contributed by atoms with Gasteiger partial charge in [-0.2, -0.15) is 0 Å². The van der Waals surface area contributed by atoms with Crippen molar-refractivity contribution < 1.29 is 4.74 Å². The van der Waals surface area contributed by atoms with Crippen LogP contribution in [0, 0.1) is 6.92 Å². The van der Waals surface area contributed by atoms with Gasteiger partial charge in [0, 0.05) is 16.7 Å². The Bertz CT molecular complexity index is 543. The molecule has 2 aromatic rings. The molecule has 19 heavy (non-hydrogen) atoms. The predicted octanol–water partition coefficient (Wildman–Crippen LogP) is 3.23. The van der Waals surface area contributed by atoms with Crippen LogP contribution >= 0.6 is 15.9 Å². The summed E-state index contributed by atoms with van der Waals surface area (Å²) < 4.78 is 6.42. The predicted molar refractivity (Wildman–Crippen MR) is 80.9 cm³/mol. The van der Waals surface area contributed by atoms with E-state index in [1.54, 1.807) is 0 Å². The molecule has 0 saturated carbocycles. The van der Waals surface area contributed by atoms with Gasteiger partial charge in [0.25, 0.3) is 0 Å². The van der Waals surface area contributed by atoms with E-state index in [0.29, 0.717) is 13.2 Å². The molecule has 4 nitrogen and oxygen atoms in total. The molecule has 0 atom stereocenters. The van der Waals surface area contributed by atoms with Crippen molar-refractivity contribution in [1.29, 1.82) is 0 Å². The zero-order valence-corrected chi connectivity index (χ0v) is 12.3. The lowest BCUT2D eigenvalue weighted by molar-refractivity contribution is 0.328. The molecule has 0 saturated heterocycles. The van der Waals surface area contributed by atoms with Gasteiger partial charge in [-0.15, -0.1) is 0 Å². The minimum atomic E-state index is 0.516. The van der Waals surface area contributed by atoms with Crippen LogP contribution in [0.3, 0.4) is 0 Å². The summed E-state index contributed by atoms with van der Waals surface area (Å²) in [4.78, 5) is 4.43. The number of aryl methyl sites for hydroxylation is 1. The highest BCUT2D eigenvalue weighted by molar-refractivity contribution is 9.10. The molecular formula is C14H16BrN3O. The molecule has 0 aliphatic heterocycles. The topological polar surface area (TPSA) is 60.2 Å². The maximum Gasteiger partial charge on any atom is 0.130 e. The lowest BCUT2D eigenvalue weighted by Gasteiger charge is -2.09. The molecule has 5 heteroatoms. The highest BCUT2D eigenvalue weighted by Crippen LogP contribution is 2.21. The molecule has 0 unspecified atom stereocenters. The van der Waals surface area contributed by atoms with E-state index in [4.69, 9.17) is 10.5 Å². The summed E-state index contributed by atoms with van der Waals surface area (Å²) in [5.41, 5.74) is 7.30. The third-order valence-electron chi connectivity index (χ3n) is 2.53. The summed E-state index contributed by atoms with van der Waals surface area (Å²) in [6, 6.07) is 11.6. The maximum absolute atomic E-state index is 5.42. The molecule has 0 radical (unpaired) electrons. The monoisotopic (exact) mass is 321 g/mol. The Kier molecular flexibility index (Phi) is 4.76. The van der Waals surface area contributed by atoms with Crippen molar-refractivity contribution in [2.45, 2.75) is 6.92 Å². The van der Waals surface area contributed by atoms with E-state index in [2.05, 4.69) is 26.2 Å². The summed E-state index contributed by atoms with van der Waals surface area (Å²) in [6.45, 7) is 3.00. The number of hydrogen-bond donors (Lipinski definition) is 2. The molecule has 0 aliphatic carbocycles. The second kappa shape index (κ2) is 6.54. The number of aromatic nitrogens is 1. The summed E-state index contributed by atoms with van der Waals surface area (Å²) >= 11 is 3.43. The fourth-order valence-electron chi connectivity index (χ4n) is 1.57. The quantitative estimate of drug-likeness (QED) is 0.887. The molecule has 0 bridgehead atoms. The highest BCUT2D eigenvalue weighted by atomic mass is 79.9. The first-order chi connectivity index (χ1) is 9.19. The number of hydrogen-bond acceptors (Lipinski definition) is 4. The van der Waals surface area contributed by atoms with E-state index in [1.807, 2.05) is 43.3 Å². The lowest BCUT2D eigenvalue weighted by atomic mass is 10.3. The Morgan fingerprint density at radius 1 is 1.21 bits per heavy atom. The number of anilines is 2. The molecule has 0 amide bonds. The normalized spacial score (nSPS) is 10.3. The van der Waals surface area contributed by atoms with E-state index in [-0.39, 0.29) is 0 Å². The van der Waals surface area contributed by atoms with E-state index < -0.39 is 0 Å². The van der Waals surface area contributed by atoms with Crippen LogP contribution in [0.5, 0.6) is 5.75 Å². The standard InChI is InChI=1S/C14H16BrN3O/c1-10-13(15)6-7-14(17-10)18-11-2-4-12(5-3-11)19-9-8-16/h2-7H,8-9,16H2,1H3,(H,17,18). The Hall–Kier alpha value is -1.59. The van der Waals surface area contributed by atoms with Crippen molar-refractivity contribution in [3.8, 4) is 5.75 Å². The van der Waals surface area contributed by atoms with E-state index in [1.165, 1.54) is 0 Å². The van der Waals surface area contributed by atoms with E-state index in [9.17, 15) is 0 Å². The van der Waals surface area contributed by atoms with Crippen LogP contribution in [-0.2, 0) is 0 Å². The van der Waals surface area contributed by atoms with Gasteiger partial charge in [0.2, 0.25) is 0 Å². The smallest absolute Gasteiger partial charge is 0.130 e. The molecule has 100 valence electrons. The number of rotatable bonds is 5. The molecule has 1 aromatic carbocycles.